The van der Waals surface area contributed by atoms with Gasteiger partial charge in [-0.2, -0.15) is 15.1 Å². The molecule has 3 N–H and O–H groups in total. The predicted octanol–water partition coefficient (Wildman–Crippen LogP) is -1.90. The van der Waals surface area contributed by atoms with E-state index in [4.69, 9.17) is 5.11 Å². The fourth-order valence-corrected chi connectivity index (χ4v) is 2.55. The number of hydrogen-bond donors (Lipinski definition) is 3. The van der Waals surface area contributed by atoms with Crippen molar-refractivity contribution in [3.8, 4) is 0 Å². The molecular formula is C13H22N7O+. The number of aliphatic hydroxyl groups is 1. The summed E-state index contributed by atoms with van der Waals surface area (Å²) in [6.07, 6.45) is 1.76. The molecule has 0 atom stereocenters. The van der Waals surface area contributed by atoms with Crippen LogP contribution in [0.2, 0.25) is 0 Å². The van der Waals surface area contributed by atoms with Crippen LogP contribution in [0.5, 0.6) is 0 Å². The highest BCUT2D eigenvalue weighted by Crippen LogP contribution is 2.22. The maximum atomic E-state index is 9.01. The first-order chi connectivity index (χ1) is 10.2. The lowest BCUT2D eigenvalue weighted by Crippen LogP contribution is -3.12. The van der Waals surface area contributed by atoms with Gasteiger partial charge in [-0.25, -0.2) is 0 Å². The van der Waals surface area contributed by atoms with Crippen molar-refractivity contribution in [2.24, 2.45) is 7.05 Å². The number of hydrogen-bond acceptors (Lipinski definition) is 6. The minimum Gasteiger partial charge on any atom is -0.395 e. The second kappa shape index (κ2) is 5.82. The summed E-state index contributed by atoms with van der Waals surface area (Å²) in [4.78, 5) is 13.0. The summed E-state index contributed by atoms with van der Waals surface area (Å²) in [7, 11) is 4.08. The number of quaternary nitrogens is 1. The molecule has 2 aromatic heterocycles. The maximum absolute atomic E-state index is 9.01. The Balaban J connectivity index is 1.96. The predicted molar refractivity (Wildman–Crippen MR) is 80.7 cm³/mol. The van der Waals surface area contributed by atoms with Crippen LogP contribution in [-0.4, -0.2) is 71.2 Å². The van der Waals surface area contributed by atoms with Crippen molar-refractivity contribution in [2.75, 3.05) is 56.6 Å². The molecule has 2 aromatic rings. The minimum atomic E-state index is 0.0684. The monoisotopic (exact) mass is 292 g/mol. The molecule has 1 aliphatic heterocycles. The lowest BCUT2D eigenvalue weighted by atomic mass is 10.3. The Kier molecular flexibility index (Phi) is 3.89. The van der Waals surface area contributed by atoms with Gasteiger partial charge < -0.3 is 20.2 Å². The number of fused-ring (bicyclic) bond motifs is 1. The second-order valence-electron chi connectivity index (χ2n) is 5.47. The SMILES string of the molecule is Cn1ncc2c(NCCO)nc(N3CC[NH+](C)CC3)nc21. The molecule has 3 heterocycles. The van der Waals surface area contributed by atoms with Gasteiger partial charge in [-0.05, 0) is 0 Å². The molecule has 0 amide bonds. The molecule has 0 saturated carbocycles. The molecule has 0 unspecified atom stereocenters. The molecule has 1 aliphatic rings. The number of nitrogens with one attached hydrogen (secondary N) is 2. The zero-order chi connectivity index (χ0) is 14.8. The van der Waals surface area contributed by atoms with Crippen molar-refractivity contribution in [1.82, 2.24) is 19.7 Å². The number of aliphatic hydroxyl groups excluding tert-OH is 1. The van der Waals surface area contributed by atoms with Gasteiger partial charge in [-0.3, -0.25) is 4.68 Å². The Hall–Kier alpha value is -1.93. The summed E-state index contributed by atoms with van der Waals surface area (Å²) in [5, 5.41) is 17.3. The van der Waals surface area contributed by atoms with Crippen LogP contribution in [0.1, 0.15) is 0 Å². The van der Waals surface area contributed by atoms with E-state index in [0.717, 1.165) is 49.0 Å². The van der Waals surface area contributed by atoms with E-state index >= 15 is 0 Å². The van der Waals surface area contributed by atoms with Crippen molar-refractivity contribution >= 4 is 22.8 Å². The van der Waals surface area contributed by atoms with Gasteiger partial charge in [0.2, 0.25) is 5.95 Å². The Labute approximate surface area is 123 Å². The average Bonchev–Trinajstić information content (AvgIpc) is 2.87. The standard InChI is InChI=1S/C13H21N7O/c1-18-4-6-20(7-5-18)13-16-11(14-3-8-21)10-9-15-19(2)12(10)17-13/h9,21H,3-8H2,1-2H3,(H,14,16,17)/p+1. The van der Waals surface area contributed by atoms with Gasteiger partial charge in [0.25, 0.3) is 0 Å². The smallest absolute Gasteiger partial charge is 0.229 e. The third-order valence-corrected chi connectivity index (χ3v) is 3.88. The Bertz CT molecular complexity index is 618. The number of anilines is 2. The van der Waals surface area contributed by atoms with Gasteiger partial charge in [0.05, 0.1) is 51.4 Å². The number of piperazine rings is 1. The first-order valence-corrected chi connectivity index (χ1v) is 7.30. The van der Waals surface area contributed by atoms with Crippen LogP contribution in [0.3, 0.4) is 0 Å². The zero-order valence-electron chi connectivity index (χ0n) is 12.5. The summed E-state index contributed by atoms with van der Waals surface area (Å²) in [6.45, 7) is 4.62. The molecule has 0 spiro atoms. The van der Waals surface area contributed by atoms with Crippen molar-refractivity contribution in [3.63, 3.8) is 0 Å². The number of likely N-dealkylation sites (N-methyl/N-ethyl adjacent to an activating group) is 1. The minimum absolute atomic E-state index is 0.0684. The second-order valence-corrected chi connectivity index (χ2v) is 5.47. The van der Waals surface area contributed by atoms with Gasteiger partial charge in [-0.1, -0.05) is 0 Å². The largest absolute Gasteiger partial charge is 0.395 e. The number of nitrogens with zero attached hydrogens (tertiary/aromatic N) is 5. The molecular weight excluding hydrogens is 270 g/mol. The van der Waals surface area contributed by atoms with E-state index in [2.05, 4.69) is 32.3 Å². The van der Waals surface area contributed by atoms with E-state index in [1.165, 1.54) is 4.90 Å². The zero-order valence-corrected chi connectivity index (χ0v) is 12.5. The fourth-order valence-electron chi connectivity index (χ4n) is 2.55. The van der Waals surface area contributed by atoms with Gasteiger partial charge in [0.15, 0.2) is 5.65 Å². The van der Waals surface area contributed by atoms with Crippen molar-refractivity contribution in [1.29, 1.82) is 0 Å². The van der Waals surface area contributed by atoms with Crippen LogP contribution < -0.4 is 15.1 Å². The Morgan fingerprint density at radius 2 is 2.10 bits per heavy atom. The lowest BCUT2D eigenvalue weighted by molar-refractivity contribution is -0.880. The topological polar surface area (TPSA) is 83.5 Å². The molecule has 0 aliphatic carbocycles. The van der Waals surface area contributed by atoms with Crippen molar-refractivity contribution < 1.29 is 10.0 Å². The average molecular weight is 292 g/mol. The summed E-state index contributed by atoms with van der Waals surface area (Å²) in [6, 6.07) is 0. The molecule has 1 fully saturated rings. The third-order valence-electron chi connectivity index (χ3n) is 3.88. The molecule has 0 radical (unpaired) electrons. The van der Waals surface area contributed by atoms with E-state index in [1.807, 2.05) is 7.05 Å². The molecule has 8 nitrogen and oxygen atoms in total. The molecule has 114 valence electrons. The van der Waals surface area contributed by atoms with Crippen LogP contribution in [0, 0.1) is 0 Å². The third kappa shape index (κ3) is 2.77. The van der Waals surface area contributed by atoms with E-state index in [-0.39, 0.29) is 6.61 Å². The van der Waals surface area contributed by atoms with Crippen LogP contribution in [0.4, 0.5) is 11.8 Å². The van der Waals surface area contributed by atoms with Gasteiger partial charge in [0, 0.05) is 13.6 Å². The van der Waals surface area contributed by atoms with E-state index in [9.17, 15) is 0 Å². The number of rotatable bonds is 4. The summed E-state index contributed by atoms with van der Waals surface area (Å²) in [5.74, 6) is 1.47. The highest BCUT2D eigenvalue weighted by molar-refractivity contribution is 5.87. The normalized spacial score (nSPS) is 16.6. The van der Waals surface area contributed by atoms with Crippen LogP contribution in [0.25, 0.3) is 11.0 Å². The summed E-state index contributed by atoms with van der Waals surface area (Å²) >= 11 is 0. The molecule has 8 heteroatoms. The molecule has 3 rings (SSSR count). The molecule has 0 aromatic carbocycles. The number of aryl methyl sites for hydroxylation is 1. The first kappa shape index (κ1) is 14.0. The van der Waals surface area contributed by atoms with Gasteiger partial charge >= 0.3 is 0 Å². The van der Waals surface area contributed by atoms with E-state index < -0.39 is 0 Å². The van der Waals surface area contributed by atoms with Crippen molar-refractivity contribution in [3.05, 3.63) is 6.20 Å². The molecule has 1 saturated heterocycles. The maximum Gasteiger partial charge on any atom is 0.229 e. The van der Waals surface area contributed by atoms with Gasteiger partial charge in [-0.15, -0.1) is 0 Å². The molecule has 21 heavy (non-hydrogen) atoms. The Morgan fingerprint density at radius 3 is 2.81 bits per heavy atom. The molecule has 0 bridgehead atoms. The quantitative estimate of drug-likeness (QED) is 0.611. The van der Waals surface area contributed by atoms with Crippen LogP contribution in [0.15, 0.2) is 6.20 Å². The van der Waals surface area contributed by atoms with Crippen LogP contribution in [-0.2, 0) is 7.05 Å². The van der Waals surface area contributed by atoms with Gasteiger partial charge in [0.1, 0.15) is 5.82 Å². The van der Waals surface area contributed by atoms with E-state index in [1.54, 1.807) is 10.9 Å². The summed E-state index contributed by atoms with van der Waals surface area (Å²) in [5.41, 5.74) is 0.812. The number of aromatic nitrogens is 4. The van der Waals surface area contributed by atoms with Crippen LogP contribution >= 0.6 is 0 Å². The summed E-state index contributed by atoms with van der Waals surface area (Å²) < 4.78 is 1.76. The first-order valence-electron chi connectivity index (χ1n) is 7.30. The van der Waals surface area contributed by atoms with Crippen molar-refractivity contribution in [2.45, 2.75) is 0 Å². The highest BCUT2D eigenvalue weighted by atomic mass is 16.3. The fraction of sp³-hybridized carbons (Fsp3) is 0.615. The lowest BCUT2D eigenvalue weighted by Gasteiger charge is -2.30. The highest BCUT2D eigenvalue weighted by Gasteiger charge is 2.21. The Morgan fingerprint density at radius 1 is 1.33 bits per heavy atom. The van der Waals surface area contributed by atoms with E-state index in [0.29, 0.717) is 6.54 Å².